The predicted octanol–water partition coefficient (Wildman–Crippen LogP) is 2.29. The minimum atomic E-state index is -4.43. The van der Waals surface area contributed by atoms with Gasteiger partial charge in [-0.2, -0.15) is 13.2 Å². The summed E-state index contributed by atoms with van der Waals surface area (Å²) in [6.45, 7) is 0. The Morgan fingerprint density at radius 2 is 2.12 bits per heavy atom. The van der Waals surface area contributed by atoms with E-state index in [0.29, 0.717) is 16.3 Å². The van der Waals surface area contributed by atoms with Crippen molar-refractivity contribution in [2.45, 2.75) is 18.6 Å². The van der Waals surface area contributed by atoms with Crippen LogP contribution in [0.15, 0.2) is 18.2 Å². The molecule has 0 aliphatic carbocycles. The van der Waals surface area contributed by atoms with E-state index in [9.17, 15) is 13.2 Å². The number of ether oxygens (including phenoxy) is 1. The number of hydrogen-bond donors (Lipinski definition) is 2. The summed E-state index contributed by atoms with van der Waals surface area (Å²) in [6.07, 6.45) is -4.77. The molecule has 1 aromatic rings. The first kappa shape index (κ1) is 14.1. The van der Waals surface area contributed by atoms with Crippen LogP contribution in [0.4, 0.5) is 13.2 Å². The van der Waals surface area contributed by atoms with Crippen molar-refractivity contribution in [3.05, 3.63) is 28.8 Å². The van der Waals surface area contributed by atoms with Crippen LogP contribution in [-0.4, -0.2) is 19.3 Å². The molecular formula is C10H12ClF3N2O. The van der Waals surface area contributed by atoms with E-state index in [1.54, 1.807) is 11.5 Å². The van der Waals surface area contributed by atoms with E-state index < -0.39 is 12.2 Å². The highest BCUT2D eigenvalue weighted by atomic mass is 35.5. The number of methoxy groups -OCH3 is 1. The molecule has 96 valence electrons. The highest BCUT2D eigenvalue weighted by Gasteiger charge is 2.39. The molecule has 7 heteroatoms. The van der Waals surface area contributed by atoms with Crippen LogP contribution in [0.3, 0.4) is 0 Å². The third kappa shape index (κ3) is 3.76. The minimum Gasteiger partial charge on any atom is -0.496 e. The molecular weight excluding hydrogens is 257 g/mol. The molecule has 1 atom stereocenters. The molecule has 3 N–H and O–H groups in total. The Morgan fingerprint density at radius 1 is 1.47 bits per heavy atom. The number of halogens is 4. The van der Waals surface area contributed by atoms with Gasteiger partial charge in [0.25, 0.3) is 0 Å². The van der Waals surface area contributed by atoms with Crippen LogP contribution in [-0.2, 0) is 6.42 Å². The molecule has 0 saturated carbocycles. The summed E-state index contributed by atoms with van der Waals surface area (Å²) in [5.74, 6) is 5.24. The van der Waals surface area contributed by atoms with E-state index >= 15 is 0 Å². The molecule has 0 radical (unpaired) electrons. The van der Waals surface area contributed by atoms with Gasteiger partial charge in [-0.1, -0.05) is 11.6 Å². The zero-order valence-corrected chi connectivity index (χ0v) is 9.77. The van der Waals surface area contributed by atoms with Gasteiger partial charge in [0.05, 0.1) is 7.11 Å². The van der Waals surface area contributed by atoms with E-state index in [2.05, 4.69) is 0 Å². The summed E-state index contributed by atoms with van der Waals surface area (Å²) in [6, 6.07) is 2.65. The molecule has 17 heavy (non-hydrogen) atoms. The summed E-state index contributed by atoms with van der Waals surface area (Å²) in [5.41, 5.74) is 2.09. The summed E-state index contributed by atoms with van der Waals surface area (Å²) in [4.78, 5) is 0. The maximum Gasteiger partial charge on any atom is 0.405 e. The summed E-state index contributed by atoms with van der Waals surface area (Å²) < 4.78 is 42.5. The lowest BCUT2D eigenvalue weighted by Gasteiger charge is -2.20. The zero-order chi connectivity index (χ0) is 13.1. The quantitative estimate of drug-likeness (QED) is 0.651. The van der Waals surface area contributed by atoms with Crippen molar-refractivity contribution in [1.82, 2.24) is 5.43 Å². The number of benzene rings is 1. The molecule has 0 aliphatic heterocycles. The minimum absolute atomic E-state index is 0.344. The molecule has 3 nitrogen and oxygen atoms in total. The number of nitrogens with two attached hydrogens (primary N) is 1. The van der Waals surface area contributed by atoms with Gasteiger partial charge in [0.2, 0.25) is 0 Å². The molecule has 0 amide bonds. The van der Waals surface area contributed by atoms with Gasteiger partial charge in [-0.05, 0) is 23.8 Å². The smallest absolute Gasteiger partial charge is 0.405 e. The zero-order valence-electron chi connectivity index (χ0n) is 9.01. The molecule has 1 aromatic carbocycles. The molecule has 0 spiro atoms. The van der Waals surface area contributed by atoms with Crippen LogP contribution in [0.2, 0.25) is 5.02 Å². The van der Waals surface area contributed by atoms with Crippen LogP contribution >= 0.6 is 11.6 Å². The number of alkyl halides is 3. The van der Waals surface area contributed by atoms with Crippen molar-refractivity contribution in [3.63, 3.8) is 0 Å². The highest BCUT2D eigenvalue weighted by Crippen LogP contribution is 2.28. The summed E-state index contributed by atoms with van der Waals surface area (Å²) >= 11 is 5.73. The molecule has 0 aromatic heterocycles. The van der Waals surface area contributed by atoms with Crippen molar-refractivity contribution in [1.29, 1.82) is 0 Å². The fourth-order valence-electron chi connectivity index (χ4n) is 1.40. The summed E-state index contributed by atoms with van der Waals surface area (Å²) in [7, 11) is 1.38. The van der Waals surface area contributed by atoms with Gasteiger partial charge in [0.1, 0.15) is 11.8 Å². The first-order valence-corrected chi connectivity index (χ1v) is 5.11. The Morgan fingerprint density at radius 3 is 2.59 bits per heavy atom. The number of rotatable bonds is 4. The van der Waals surface area contributed by atoms with Crippen LogP contribution in [0, 0.1) is 0 Å². The van der Waals surface area contributed by atoms with E-state index in [1.165, 1.54) is 19.2 Å². The maximum atomic E-state index is 12.5. The monoisotopic (exact) mass is 268 g/mol. The Kier molecular flexibility index (Phi) is 4.62. The van der Waals surface area contributed by atoms with Gasteiger partial charge in [0, 0.05) is 11.4 Å². The lowest BCUT2D eigenvalue weighted by molar-refractivity contribution is -0.155. The lowest BCUT2D eigenvalue weighted by atomic mass is 10.0. The van der Waals surface area contributed by atoms with Gasteiger partial charge in [-0.15, -0.1) is 0 Å². The van der Waals surface area contributed by atoms with E-state index in [0.717, 1.165) is 0 Å². The fraction of sp³-hybridized carbons (Fsp3) is 0.400. The van der Waals surface area contributed by atoms with E-state index in [4.69, 9.17) is 22.2 Å². The van der Waals surface area contributed by atoms with Crippen molar-refractivity contribution in [3.8, 4) is 5.75 Å². The molecule has 0 bridgehead atoms. The lowest BCUT2D eigenvalue weighted by Crippen LogP contribution is -2.47. The van der Waals surface area contributed by atoms with E-state index in [1.807, 2.05) is 0 Å². The first-order chi connectivity index (χ1) is 7.88. The topological polar surface area (TPSA) is 47.3 Å². The summed E-state index contributed by atoms with van der Waals surface area (Å²) in [5, 5.41) is 0.346. The van der Waals surface area contributed by atoms with Gasteiger partial charge >= 0.3 is 6.18 Å². The second-order valence-electron chi connectivity index (χ2n) is 3.42. The number of hydrogen-bond acceptors (Lipinski definition) is 3. The van der Waals surface area contributed by atoms with Crippen molar-refractivity contribution >= 4 is 11.6 Å². The van der Waals surface area contributed by atoms with Crippen molar-refractivity contribution in [2.24, 2.45) is 5.84 Å². The molecule has 0 aliphatic rings. The normalized spacial score (nSPS) is 13.5. The standard InChI is InChI=1S/C10H12ClF3N2O/c1-17-8-3-2-7(11)4-6(8)5-9(16-15)10(12,13)14/h2-4,9,16H,5,15H2,1H3. The average Bonchev–Trinajstić information content (AvgIpc) is 2.24. The third-order valence-electron chi connectivity index (χ3n) is 2.26. The number of hydrazine groups is 1. The van der Waals surface area contributed by atoms with Gasteiger partial charge < -0.3 is 4.74 Å². The largest absolute Gasteiger partial charge is 0.496 e. The van der Waals surface area contributed by atoms with Crippen LogP contribution in [0.1, 0.15) is 5.56 Å². The molecule has 1 rings (SSSR count). The van der Waals surface area contributed by atoms with Gasteiger partial charge in [-0.3, -0.25) is 5.84 Å². The predicted molar refractivity (Wildman–Crippen MR) is 58.9 cm³/mol. The second kappa shape index (κ2) is 5.57. The fourth-order valence-corrected chi connectivity index (χ4v) is 1.59. The Balaban J connectivity index is 2.96. The second-order valence-corrected chi connectivity index (χ2v) is 3.86. The number of nitrogens with one attached hydrogen (secondary N) is 1. The first-order valence-electron chi connectivity index (χ1n) is 4.73. The van der Waals surface area contributed by atoms with E-state index in [-0.39, 0.29) is 6.42 Å². The van der Waals surface area contributed by atoms with Gasteiger partial charge in [-0.25, -0.2) is 5.43 Å². The molecule has 0 saturated heterocycles. The third-order valence-corrected chi connectivity index (χ3v) is 2.50. The van der Waals surface area contributed by atoms with Crippen molar-refractivity contribution < 1.29 is 17.9 Å². The van der Waals surface area contributed by atoms with Gasteiger partial charge in [0.15, 0.2) is 0 Å². The van der Waals surface area contributed by atoms with Crippen LogP contribution < -0.4 is 16.0 Å². The molecule has 0 fully saturated rings. The Hall–Kier alpha value is -0.980. The molecule has 1 unspecified atom stereocenters. The van der Waals surface area contributed by atoms with Crippen LogP contribution in [0.25, 0.3) is 0 Å². The Bertz CT molecular complexity index is 384. The molecule has 0 heterocycles. The Labute approximate surface area is 102 Å². The SMILES string of the molecule is COc1ccc(Cl)cc1CC(NN)C(F)(F)F. The highest BCUT2D eigenvalue weighted by molar-refractivity contribution is 6.30. The maximum absolute atomic E-state index is 12.5. The average molecular weight is 269 g/mol. The van der Waals surface area contributed by atoms with Crippen molar-refractivity contribution in [2.75, 3.05) is 7.11 Å². The van der Waals surface area contributed by atoms with Crippen LogP contribution in [0.5, 0.6) is 5.75 Å².